The van der Waals surface area contributed by atoms with Gasteiger partial charge < -0.3 is 20.1 Å². The molecule has 2 fully saturated rings. The molecule has 2 aliphatic heterocycles. The van der Waals surface area contributed by atoms with Crippen LogP contribution in [-0.4, -0.2) is 54.5 Å². The number of carbonyl (C=O) groups is 1. The summed E-state index contributed by atoms with van der Waals surface area (Å²) >= 11 is 0. The molecule has 5 nitrogen and oxygen atoms in total. The van der Waals surface area contributed by atoms with E-state index in [-0.39, 0.29) is 6.10 Å². The molecule has 0 atom stereocenters. The van der Waals surface area contributed by atoms with Gasteiger partial charge in [-0.1, -0.05) is 0 Å². The Morgan fingerprint density at radius 2 is 1.93 bits per heavy atom. The van der Waals surface area contributed by atoms with Crippen molar-refractivity contribution < 1.29 is 14.6 Å². The number of likely N-dealkylation sites (tertiary alicyclic amines) is 1. The summed E-state index contributed by atoms with van der Waals surface area (Å²) in [6, 6.07) is 0. The van der Waals surface area contributed by atoms with Crippen molar-refractivity contribution in [1.29, 1.82) is 0 Å². The number of hydrogen-bond donors (Lipinski definition) is 2. The highest BCUT2D eigenvalue weighted by Gasteiger charge is 2.33. The van der Waals surface area contributed by atoms with Gasteiger partial charge in [0.05, 0.1) is 25.3 Å². The molecule has 1 amide bonds. The van der Waals surface area contributed by atoms with Crippen molar-refractivity contribution in [3.63, 3.8) is 0 Å². The molecule has 0 aliphatic carbocycles. The second-order valence-corrected chi connectivity index (χ2v) is 3.90. The van der Waals surface area contributed by atoms with Gasteiger partial charge in [-0.2, -0.15) is 0 Å². The maximum atomic E-state index is 10.5. The van der Waals surface area contributed by atoms with Gasteiger partial charge in [0.15, 0.2) is 0 Å². The largest absolute Gasteiger partial charge is 0.465 e. The molecule has 2 rings (SSSR count). The third-order valence-electron chi connectivity index (χ3n) is 2.79. The number of hydrogen-bond acceptors (Lipinski definition) is 3. The van der Waals surface area contributed by atoms with E-state index in [0.717, 1.165) is 25.9 Å². The van der Waals surface area contributed by atoms with Gasteiger partial charge in [0.2, 0.25) is 0 Å². The Balaban J connectivity index is 1.65. The monoisotopic (exact) mass is 200 g/mol. The van der Waals surface area contributed by atoms with Crippen molar-refractivity contribution in [2.24, 2.45) is 0 Å². The summed E-state index contributed by atoms with van der Waals surface area (Å²) in [4.78, 5) is 11.9. The number of carboxylic acid groups (broad SMARTS) is 1. The summed E-state index contributed by atoms with van der Waals surface area (Å²) in [6.07, 6.45) is 1.72. The van der Waals surface area contributed by atoms with Gasteiger partial charge in [-0.3, -0.25) is 0 Å². The summed E-state index contributed by atoms with van der Waals surface area (Å²) in [5, 5.41) is 11.9. The van der Waals surface area contributed by atoms with Crippen LogP contribution in [0.25, 0.3) is 0 Å². The van der Waals surface area contributed by atoms with Crippen LogP contribution >= 0.6 is 0 Å². The zero-order valence-corrected chi connectivity index (χ0v) is 8.11. The zero-order chi connectivity index (χ0) is 9.97. The van der Waals surface area contributed by atoms with Gasteiger partial charge in [-0.15, -0.1) is 0 Å². The number of rotatable bonds is 2. The van der Waals surface area contributed by atoms with E-state index in [2.05, 4.69) is 5.32 Å². The van der Waals surface area contributed by atoms with E-state index in [0.29, 0.717) is 19.2 Å². The average molecular weight is 200 g/mol. The quantitative estimate of drug-likeness (QED) is 0.664. The van der Waals surface area contributed by atoms with E-state index < -0.39 is 6.09 Å². The number of amides is 1. The first-order valence-electron chi connectivity index (χ1n) is 5.10. The Hall–Kier alpha value is -0.810. The molecule has 0 spiro atoms. The minimum atomic E-state index is -0.838. The second kappa shape index (κ2) is 4.14. The summed E-state index contributed by atoms with van der Waals surface area (Å²) in [5.74, 6) is 0. The molecule has 0 aromatic heterocycles. The van der Waals surface area contributed by atoms with Crippen molar-refractivity contribution in [3.8, 4) is 0 Å². The van der Waals surface area contributed by atoms with Crippen LogP contribution in [0.5, 0.6) is 0 Å². The van der Waals surface area contributed by atoms with Crippen molar-refractivity contribution in [1.82, 2.24) is 10.2 Å². The van der Waals surface area contributed by atoms with Crippen molar-refractivity contribution in [3.05, 3.63) is 0 Å². The maximum Gasteiger partial charge on any atom is 0.407 e. The number of ether oxygens (including phenoxy) is 1. The first-order chi connectivity index (χ1) is 6.75. The average Bonchev–Trinajstić information content (AvgIpc) is 2.12. The third kappa shape index (κ3) is 2.16. The highest BCUT2D eigenvalue weighted by Crippen LogP contribution is 2.17. The Morgan fingerprint density at radius 3 is 2.50 bits per heavy atom. The summed E-state index contributed by atoms with van der Waals surface area (Å²) in [6.45, 7) is 3.11. The smallest absolute Gasteiger partial charge is 0.407 e. The van der Waals surface area contributed by atoms with E-state index in [4.69, 9.17) is 9.84 Å². The first kappa shape index (κ1) is 9.73. The second-order valence-electron chi connectivity index (χ2n) is 3.90. The summed E-state index contributed by atoms with van der Waals surface area (Å²) in [7, 11) is 0. The molecular weight excluding hydrogens is 184 g/mol. The standard InChI is InChI=1S/C9H16N2O3/c12-9(13)11-5-8(6-11)14-7-1-3-10-4-2-7/h7-8,10H,1-6H2,(H,12,13). The van der Waals surface area contributed by atoms with E-state index >= 15 is 0 Å². The minimum absolute atomic E-state index is 0.134. The lowest BCUT2D eigenvalue weighted by Crippen LogP contribution is -2.55. The molecule has 0 radical (unpaired) electrons. The Kier molecular flexibility index (Phi) is 2.88. The van der Waals surface area contributed by atoms with Gasteiger partial charge in [0.25, 0.3) is 0 Å². The first-order valence-corrected chi connectivity index (χ1v) is 5.10. The lowest BCUT2D eigenvalue weighted by atomic mass is 10.1. The third-order valence-corrected chi connectivity index (χ3v) is 2.79. The van der Waals surface area contributed by atoms with Crippen LogP contribution in [0.4, 0.5) is 4.79 Å². The van der Waals surface area contributed by atoms with Gasteiger partial charge in [0, 0.05) is 0 Å². The summed E-state index contributed by atoms with van der Waals surface area (Å²) < 4.78 is 5.76. The molecule has 2 N–H and O–H groups in total. The fourth-order valence-corrected chi connectivity index (χ4v) is 1.88. The van der Waals surface area contributed by atoms with Crippen LogP contribution in [0.3, 0.4) is 0 Å². The van der Waals surface area contributed by atoms with Gasteiger partial charge >= 0.3 is 6.09 Å². The number of nitrogens with one attached hydrogen (secondary N) is 1. The fourth-order valence-electron chi connectivity index (χ4n) is 1.88. The van der Waals surface area contributed by atoms with Crippen LogP contribution in [-0.2, 0) is 4.74 Å². The Morgan fingerprint density at radius 1 is 1.29 bits per heavy atom. The van der Waals surface area contributed by atoms with Crippen molar-refractivity contribution >= 4 is 6.09 Å². The normalized spacial score (nSPS) is 24.7. The molecule has 2 saturated heterocycles. The number of nitrogens with zero attached hydrogens (tertiary/aromatic N) is 1. The Bertz CT molecular complexity index is 210. The Labute approximate surface area is 83.0 Å². The zero-order valence-electron chi connectivity index (χ0n) is 8.11. The highest BCUT2D eigenvalue weighted by molar-refractivity contribution is 5.66. The molecule has 14 heavy (non-hydrogen) atoms. The van der Waals surface area contributed by atoms with Crippen LogP contribution in [0.1, 0.15) is 12.8 Å². The molecular formula is C9H16N2O3. The van der Waals surface area contributed by atoms with Crippen LogP contribution in [0.15, 0.2) is 0 Å². The topological polar surface area (TPSA) is 61.8 Å². The molecule has 5 heteroatoms. The van der Waals surface area contributed by atoms with Crippen LogP contribution < -0.4 is 5.32 Å². The van der Waals surface area contributed by atoms with E-state index in [1.807, 2.05) is 0 Å². The summed E-state index contributed by atoms with van der Waals surface area (Å²) in [5.41, 5.74) is 0. The van der Waals surface area contributed by atoms with E-state index in [1.165, 1.54) is 4.90 Å². The van der Waals surface area contributed by atoms with E-state index in [1.54, 1.807) is 0 Å². The molecule has 2 heterocycles. The van der Waals surface area contributed by atoms with Crippen molar-refractivity contribution in [2.45, 2.75) is 25.0 Å². The van der Waals surface area contributed by atoms with Crippen LogP contribution in [0.2, 0.25) is 0 Å². The minimum Gasteiger partial charge on any atom is -0.465 e. The predicted octanol–water partition coefficient (Wildman–Crippen LogP) is 0.117. The molecule has 0 unspecified atom stereocenters. The molecule has 0 bridgehead atoms. The van der Waals surface area contributed by atoms with Gasteiger partial charge in [-0.25, -0.2) is 4.79 Å². The molecule has 0 aromatic rings. The lowest BCUT2D eigenvalue weighted by molar-refractivity contribution is -0.0903. The van der Waals surface area contributed by atoms with Crippen molar-refractivity contribution in [2.75, 3.05) is 26.2 Å². The predicted molar refractivity (Wildman–Crippen MR) is 50.4 cm³/mol. The van der Waals surface area contributed by atoms with Crippen LogP contribution in [0, 0.1) is 0 Å². The molecule has 0 saturated carbocycles. The SMILES string of the molecule is O=C(O)N1CC(OC2CCNCC2)C1. The van der Waals surface area contributed by atoms with E-state index in [9.17, 15) is 4.79 Å². The lowest BCUT2D eigenvalue weighted by Gasteiger charge is -2.39. The number of piperidine rings is 1. The van der Waals surface area contributed by atoms with Gasteiger partial charge in [-0.05, 0) is 25.9 Å². The molecule has 80 valence electrons. The highest BCUT2D eigenvalue weighted by atomic mass is 16.5. The maximum absolute atomic E-state index is 10.5. The fraction of sp³-hybridized carbons (Fsp3) is 0.889. The molecule has 2 aliphatic rings. The molecule has 0 aromatic carbocycles. The van der Waals surface area contributed by atoms with Gasteiger partial charge in [0.1, 0.15) is 0 Å².